The SMILES string of the molecule is CCN1C(=O)CC(C)(C)c2cc(S(=O)(=O)NCC3(CO)CC3)ccc21. The Bertz CT molecular complexity index is 797. The van der Waals surface area contributed by atoms with E-state index in [1.807, 2.05) is 20.8 Å². The number of carbonyl (C=O) groups is 1. The van der Waals surface area contributed by atoms with Crippen LogP contribution in [0.25, 0.3) is 0 Å². The number of carbonyl (C=O) groups excluding carboxylic acids is 1. The quantitative estimate of drug-likeness (QED) is 0.803. The van der Waals surface area contributed by atoms with Gasteiger partial charge in [-0.15, -0.1) is 0 Å². The number of fused-ring (bicyclic) bond motifs is 1. The number of aliphatic hydroxyl groups excluding tert-OH is 1. The Hall–Kier alpha value is -1.44. The van der Waals surface area contributed by atoms with E-state index < -0.39 is 15.4 Å². The van der Waals surface area contributed by atoms with Crippen LogP contribution in [0.5, 0.6) is 0 Å². The lowest BCUT2D eigenvalue weighted by molar-refractivity contribution is -0.120. The Morgan fingerprint density at radius 1 is 1.28 bits per heavy atom. The van der Waals surface area contributed by atoms with E-state index >= 15 is 0 Å². The Kier molecular flexibility index (Phi) is 4.46. The molecule has 2 aliphatic rings. The van der Waals surface area contributed by atoms with Gasteiger partial charge in [0.2, 0.25) is 15.9 Å². The van der Waals surface area contributed by atoms with Crippen LogP contribution in [0.1, 0.15) is 45.6 Å². The number of hydrogen-bond donors (Lipinski definition) is 2. The molecule has 0 aromatic heterocycles. The van der Waals surface area contributed by atoms with Crippen LogP contribution in [0.15, 0.2) is 23.1 Å². The summed E-state index contributed by atoms with van der Waals surface area (Å²) in [7, 11) is -3.65. The first kappa shape index (κ1) is 18.4. The summed E-state index contributed by atoms with van der Waals surface area (Å²) in [5.41, 5.74) is 0.968. The Balaban J connectivity index is 1.93. The molecule has 1 aliphatic carbocycles. The number of aliphatic hydroxyl groups is 1. The van der Waals surface area contributed by atoms with Crippen LogP contribution in [0.2, 0.25) is 0 Å². The number of rotatable bonds is 6. The van der Waals surface area contributed by atoms with Crippen molar-refractivity contribution in [1.82, 2.24) is 4.72 Å². The van der Waals surface area contributed by atoms with Crippen LogP contribution in [-0.2, 0) is 20.2 Å². The molecule has 1 fully saturated rings. The molecule has 0 atom stereocenters. The Morgan fingerprint density at radius 3 is 2.52 bits per heavy atom. The second-order valence-corrected chi connectivity index (χ2v) is 9.63. The highest BCUT2D eigenvalue weighted by Crippen LogP contribution is 2.45. The highest BCUT2D eigenvalue weighted by atomic mass is 32.2. The van der Waals surface area contributed by atoms with Crippen molar-refractivity contribution in [2.24, 2.45) is 5.41 Å². The van der Waals surface area contributed by atoms with E-state index in [-0.39, 0.29) is 29.4 Å². The highest BCUT2D eigenvalue weighted by molar-refractivity contribution is 7.89. The van der Waals surface area contributed by atoms with Gasteiger partial charge in [-0.3, -0.25) is 4.79 Å². The van der Waals surface area contributed by atoms with Crippen molar-refractivity contribution in [3.63, 3.8) is 0 Å². The Labute approximate surface area is 149 Å². The van der Waals surface area contributed by atoms with Crippen LogP contribution in [-0.4, -0.2) is 39.1 Å². The number of anilines is 1. The summed E-state index contributed by atoms with van der Waals surface area (Å²) in [4.78, 5) is 14.2. The van der Waals surface area contributed by atoms with Crippen molar-refractivity contribution in [1.29, 1.82) is 0 Å². The van der Waals surface area contributed by atoms with Crippen molar-refractivity contribution in [3.05, 3.63) is 23.8 Å². The smallest absolute Gasteiger partial charge is 0.240 e. The van der Waals surface area contributed by atoms with Crippen molar-refractivity contribution < 1.29 is 18.3 Å². The van der Waals surface area contributed by atoms with Gasteiger partial charge in [0.05, 0.1) is 4.90 Å². The van der Waals surface area contributed by atoms with E-state index in [9.17, 15) is 18.3 Å². The van der Waals surface area contributed by atoms with Crippen molar-refractivity contribution in [2.75, 3.05) is 24.6 Å². The largest absolute Gasteiger partial charge is 0.396 e. The molecular formula is C18H26N2O4S. The van der Waals surface area contributed by atoms with Crippen LogP contribution in [0.4, 0.5) is 5.69 Å². The molecule has 1 amide bonds. The molecule has 0 spiro atoms. The summed E-state index contributed by atoms with van der Waals surface area (Å²) in [6, 6.07) is 4.97. The minimum Gasteiger partial charge on any atom is -0.396 e. The van der Waals surface area contributed by atoms with Gasteiger partial charge in [0, 0.05) is 42.6 Å². The van der Waals surface area contributed by atoms with Gasteiger partial charge in [0.25, 0.3) is 0 Å². The molecule has 3 rings (SSSR count). The third kappa shape index (κ3) is 3.32. The molecular weight excluding hydrogens is 340 g/mol. The molecule has 6 nitrogen and oxygen atoms in total. The number of nitrogens with zero attached hydrogens (tertiary/aromatic N) is 1. The van der Waals surface area contributed by atoms with Gasteiger partial charge in [0.1, 0.15) is 0 Å². The van der Waals surface area contributed by atoms with Gasteiger partial charge in [0.15, 0.2) is 0 Å². The van der Waals surface area contributed by atoms with Gasteiger partial charge in [-0.05, 0) is 43.5 Å². The zero-order valence-corrected chi connectivity index (χ0v) is 15.8. The maximum Gasteiger partial charge on any atom is 0.240 e. The van der Waals surface area contributed by atoms with Gasteiger partial charge in [-0.1, -0.05) is 13.8 Å². The molecule has 138 valence electrons. The van der Waals surface area contributed by atoms with Crippen LogP contribution >= 0.6 is 0 Å². The lowest BCUT2D eigenvalue weighted by Gasteiger charge is -2.38. The van der Waals surface area contributed by atoms with Crippen molar-refractivity contribution in [2.45, 2.75) is 50.3 Å². The predicted octanol–water partition coefficient (Wildman–Crippen LogP) is 1.77. The lowest BCUT2D eigenvalue weighted by atomic mass is 9.77. The van der Waals surface area contributed by atoms with E-state index in [4.69, 9.17) is 0 Å². The van der Waals surface area contributed by atoms with E-state index in [1.54, 1.807) is 23.1 Å². The van der Waals surface area contributed by atoms with Crippen molar-refractivity contribution >= 4 is 21.6 Å². The van der Waals surface area contributed by atoms with Gasteiger partial charge >= 0.3 is 0 Å². The fourth-order valence-corrected chi connectivity index (χ4v) is 4.59. The monoisotopic (exact) mass is 366 g/mol. The van der Waals surface area contributed by atoms with E-state index in [1.165, 1.54) is 0 Å². The summed E-state index contributed by atoms with van der Waals surface area (Å²) in [5.74, 6) is 0.0624. The number of hydrogen-bond acceptors (Lipinski definition) is 4. The van der Waals surface area contributed by atoms with Gasteiger partial charge in [-0.25, -0.2) is 13.1 Å². The minimum absolute atomic E-state index is 0.000308. The zero-order valence-electron chi connectivity index (χ0n) is 15.0. The maximum absolute atomic E-state index is 12.7. The summed E-state index contributed by atoms with van der Waals surface area (Å²) in [5, 5.41) is 9.36. The molecule has 2 N–H and O–H groups in total. The van der Waals surface area contributed by atoms with Crippen LogP contribution in [0, 0.1) is 5.41 Å². The standard InChI is InChI=1S/C18H26N2O4S/c1-4-20-15-6-5-13(9-14(15)17(2,3)10-16(20)22)25(23,24)19-11-18(12-21)7-8-18/h5-6,9,19,21H,4,7-8,10-12H2,1-3H3. The zero-order chi connectivity index (χ0) is 18.5. The van der Waals surface area contributed by atoms with E-state index in [2.05, 4.69) is 4.72 Å². The number of sulfonamides is 1. The average molecular weight is 366 g/mol. The molecule has 1 aromatic carbocycles. The molecule has 1 saturated carbocycles. The number of benzene rings is 1. The topological polar surface area (TPSA) is 86.7 Å². The first-order valence-electron chi connectivity index (χ1n) is 8.70. The summed E-state index contributed by atoms with van der Waals surface area (Å²) >= 11 is 0. The van der Waals surface area contributed by atoms with Gasteiger partial charge in [-0.2, -0.15) is 0 Å². The molecule has 0 unspecified atom stereocenters. The normalized spacial score (nSPS) is 21.1. The third-order valence-corrected chi connectivity index (χ3v) is 6.84. The molecule has 1 heterocycles. The summed E-state index contributed by atoms with van der Waals surface area (Å²) in [6.07, 6.45) is 2.05. The van der Waals surface area contributed by atoms with E-state index in [0.29, 0.717) is 13.0 Å². The Morgan fingerprint density at radius 2 is 1.96 bits per heavy atom. The fraction of sp³-hybridized carbons (Fsp3) is 0.611. The fourth-order valence-electron chi connectivity index (χ4n) is 3.41. The minimum atomic E-state index is -3.65. The first-order chi connectivity index (χ1) is 11.6. The van der Waals surface area contributed by atoms with Crippen molar-refractivity contribution in [3.8, 4) is 0 Å². The van der Waals surface area contributed by atoms with Gasteiger partial charge < -0.3 is 10.0 Å². The molecule has 0 bridgehead atoms. The van der Waals surface area contributed by atoms with Crippen LogP contribution < -0.4 is 9.62 Å². The summed E-state index contributed by atoms with van der Waals surface area (Å²) in [6.45, 7) is 6.66. The number of nitrogens with one attached hydrogen (secondary N) is 1. The molecule has 7 heteroatoms. The second kappa shape index (κ2) is 6.07. The third-order valence-electron chi connectivity index (χ3n) is 5.44. The summed E-state index contributed by atoms with van der Waals surface area (Å²) < 4.78 is 28.0. The molecule has 0 radical (unpaired) electrons. The molecule has 25 heavy (non-hydrogen) atoms. The molecule has 0 saturated heterocycles. The second-order valence-electron chi connectivity index (χ2n) is 7.86. The number of amides is 1. The molecule has 1 aromatic rings. The highest BCUT2D eigenvalue weighted by Gasteiger charge is 2.43. The first-order valence-corrected chi connectivity index (χ1v) is 10.2. The maximum atomic E-state index is 12.7. The molecule has 1 aliphatic heterocycles. The average Bonchev–Trinajstić information content (AvgIpc) is 3.33. The van der Waals surface area contributed by atoms with E-state index in [0.717, 1.165) is 24.1 Å². The van der Waals surface area contributed by atoms with Crippen LogP contribution in [0.3, 0.4) is 0 Å². The predicted molar refractivity (Wildman–Crippen MR) is 96.1 cm³/mol. The lowest BCUT2D eigenvalue weighted by Crippen LogP contribution is -2.42.